The Kier molecular flexibility index (Phi) is 6.25. The highest BCUT2D eigenvalue weighted by Gasteiger charge is 2.24. The zero-order chi connectivity index (χ0) is 20.1. The number of hydrogen-bond donors (Lipinski definition) is 2. The summed E-state index contributed by atoms with van der Waals surface area (Å²) in [6.07, 6.45) is 7.36. The van der Waals surface area contributed by atoms with Crippen molar-refractivity contribution in [2.45, 2.75) is 58.6 Å². The number of carboxylic acid groups (broad SMARTS) is 1. The van der Waals surface area contributed by atoms with Crippen LogP contribution in [0.25, 0.3) is 0 Å². The molecule has 0 aliphatic heterocycles. The quantitative estimate of drug-likeness (QED) is 0.690. The van der Waals surface area contributed by atoms with E-state index >= 15 is 0 Å². The summed E-state index contributed by atoms with van der Waals surface area (Å²) in [6.45, 7) is 6.12. The third kappa shape index (κ3) is 5.74. The molecule has 2 N–H and O–H groups in total. The van der Waals surface area contributed by atoms with Gasteiger partial charge in [-0.2, -0.15) is 0 Å². The molecular formula is C22H26N2O3S. The zero-order valence-electron chi connectivity index (χ0n) is 16.5. The molecule has 148 valence electrons. The van der Waals surface area contributed by atoms with Crippen molar-refractivity contribution < 1.29 is 14.6 Å². The van der Waals surface area contributed by atoms with Gasteiger partial charge in [0.05, 0.1) is 22.9 Å². The van der Waals surface area contributed by atoms with E-state index in [0.29, 0.717) is 10.6 Å². The predicted molar refractivity (Wildman–Crippen MR) is 112 cm³/mol. The van der Waals surface area contributed by atoms with Gasteiger partial charge in [0.1, 0.15) is 10.6 Å². The van der Waals surface area contributed by atoms with Crippen LogP contribution in [0.5, 0.6) is 5.75 Å². The van der Waals surface area contributed by atoms with Crippen LogP contribution in [0.2, 0.25) is 0 Å². The molecule has 28 heavy (non-hydrogen) atoms. The van der Waals surface area contributed by atoms with Gasteiger partial charge < -0.3 is 15.2 Å². The Morgan fingerprint density at radius 1 is 1.32 bits per heavy atom. The van der Waals surface area contributed by atoms with Crippen LogP contribution in [-0.4, -0.2) is 28.2 Å². The minimum atomic E-state index is -0.912. The molecule has 0 spiro atoms. The number of rotatable bonds is 5. The number of anilines is 1. The molecule has 0 unspecified atom stereocenters. The molecule has 1 saturated carbocycles. The van der Waals surface area contributed by atoms with Gasteiger partial charge in [-0.05, 0) is 64.7 Å². The van der Waals surface area contributed by atoms with Crippen molar-refractivity contribution in [2.24, 2.45) is 5.41 Å². The van der Waals surface area contributed by atoms with Crippen LogP contribution in [0.3, 0.4) is 0 Å². The van der Waals surface area contributed by atoms with Crippen molar-refractivity contribution in [3.8, 4) is 17.6 Å². The molecule has 6 heteroatoms. The fourth-order valence-corrected chi connectivity index (χ4v) is 3.94. The first-order chi connectivity index (χ1) is 13.3. The van der Waals surface area contributed by atoms with E-state index in [-0.39, 0.29) is 17.6 Å². The largest absolute Gasteiger partial charge is 0.489 e. The second-order valence-electron chi connectivity index (χ2n) is 8.08. The van der Waals surface area contributed by atoms with Gasteiger partial charge >= 0.3 is 5.97 Å². The average molecular weight is 399 g/mol. The van der Waals surface area contributed by atoms with Gasteiger partial charge in [-0.15, -0.1) is 11.3 Å². The lowest BCUT2D eigenvalue weighted by molar-refractivity contribution is 0.0703. The monoisotopic (exact) mass is 398 g/mol. The maximum atomic E-state index is 11.6. The minimum absolute atomic E-state index is 0.117. The van der Waals surface area contributed by atoms with E-state index in [1.54, 1.807) is 12.4 Å². The first kappa shape index (κ1) is 20.2. The van der Waals surface area contributed by atoms with Gasteiger partial charge in [0, 0.05) is 17.7 Å². The number of thiophene rings is 1. The number of carbonyl (C=O) groups is 1. The van der Waals surface area contributed by atoms with E-state index < -0.39 is 5.97 Å². The molecule has 2 aromatic heterocycles. The molecule has 0 amide bonds. The van der Waals surface area contributed by atoms with Crippen LogP contribution in [0.4, 0.5) is 5.69 Å². The Hall–Kier alpha value is -2.52. The van der Waals surface area contributed by atoms with Crippen LogP contribution < -0.4 is 10.1 Å². The molecule has 3 rings (SSSR count). The number of nitrogens with zero attached hydrogens (tertiary/aromatic N) is 1. The fraction of sp³-hybridized carbons (Fsp3) is 0.455. The summed E-state index contributed by atoms with van der Waals surface area (Å²) < 4.78 is 5.98. The number of carboxylic acids is 1. The normalized spacial score (nSPS) is 19.4. The van der Waals surface area contributed by atoms with E-state index in [2.05, 4.69) is 22.1 Å². The van der Waals surface area contributed by atoms with Crippen LogP contribution in [0.15, 0.2) is 30.6 Å². The first-order valence-electron chi connectivity index (χ1n) is 9.54. The van der Waals surface area contributed by atoms with Gasteiger partial charge in [-0.1, -0.05) is 11.8 Å². The number of aromatic carboxylic acids is 1. The molecule has 2 aromatic rings. The molecule has 0 radical (unpaired) electrons. The minimum Gasteiger partial charge on any atom is -0.489 e. The molecule has 1 aliphatic rings. The van der Waals surface area contributed by atoms with Crippen LogP contribution in [0.1, 0.15) is 61.0 Å². The SMILES string of the molecule is CC(C)(C)C#Cc1cc(NC2CCC(Oc3cccnc3)CC2)c(C(=O)O)s1. The van der Waals surface area contributed by atoms with E-state index in [4.69, 9.17) is 4.74 Å². The highest BCUT2D eigenvalue weighted by molar-refractivity contribution is 7.15. The Bertz CT molecular complexity index is 867. The Balaban J connectivity index is 1.61. The molecule has 0 bridgehead atoms. The topological polar surface area (TPSA) is 71.5 Å². The highest BCUT2D eigenvalue weighted by Crippen LogP contribution is 2.31. The van der Waals surface area contributed by atoms with Gasteiger partial charge in [0.15, 0.2) is 0 Å². The molecule has 5 nitrogen and oxygen atoms in total. The van der Waals surface area contributed by atoms with E-state index in [9.17, 15) is 9.90 Å². The lowest BCUT2D eigenvalue weighted by Gasteiger charge is -2.30. The smallest absolute Gasteiger partial charge is 0.348 e. The first-order valence-corrected chi connectivity index (χ1v) is 10.4. The van der Waals surface area contributed by atoms with Crippen molar-refractivity contribution in [2.75, 3.05) is 5.32 Å². The molecule has 0 saturated heterocycles. The van der Waals surface area contributed by atoms with Crippen molar-refractivity contribution in [3.63, 3.8) is 0 Å². The second kappa shape index (κ2) is 8.66. The van der Waals surface area contributed by atoms with Gasteiger partial charge in [-0.25, -0.2) is 4.79 Å². The second-order valence-corrected chi connectivity index (χ2v) is 9.14. The van der Waals surface area contributed by atoms with Crippen molar-refractivity contribution in [1.82, 2.24) is 4.98 Å². The summed E-state index contributed by atoms with van der Waals surface area (Å²) in [7, 11) is 0. The summed E-state index contributed by atoms with van der Waals surface area (Å²) in [4.78, 5) is 16.8. The Morgan fingerprint density at radius 2 is 2.07 bits per heavy atom. The fourth-order valence-electron chi connectivity index (χ4n) is 3.12. The summed E-state index contributed by atoms with van der Waals surface area (Å²) >= 11 is 1.23. The van der Waals surface area contributed by atoms with Crippen LogP contribution in [0, 0.1) is 17.3 Å². The maximum Gasteiger partial charge on any atom is 0.348 e. The molecule has 0 aromatic carbocycles. The van der Waals surface area contributed by atoms with Gasteiger partial charge in [0.25, 0.3) is 0 Å². The lowest BCUT2D eigenvalue weighted by atomic mass is 9.92. The third-order valence-corrected chi connectivity index (χ3v) is 5.50. The molecular weight excluding hydrogens is 372 g/mol. The van der Waals surface area contributed by atoms with Gasteiger partial charge in [-0.3, -0.25) is 4.98 Å². The number of hydrogen-bond acceptors (Lipinski definition) is 5. The molecule has 2 heterocycles. The number of nitrogens with one attached hydrogen (secondary N) is 1. The summed E-state index contributed by atoms with van der Waals surface area (Å²) in [6, 6.07) is 5.89. The lowest BCUT2D eigenvalue weighted by Crippen LogP contribution is -2.31. The summed E-state index contributed by atoms with van der Waals surface area (Å²) in [5.74, 6) is 6.17. The Labute approximate surface area is 170 Å². The highest BCUT2D eigenvalue weighted by atomic mass is 32.1. The standard InChI is InChI=1S/C22H26N2O3S/c1-22(2,3)11-10-18-13-19(20(28-18)21(25)26)24-15-6-8-16(9-7-15)27-17-5-4-12-23-14-17/h4-5,12-16,24H,6-9H2,1-3H3,(H,25,26). The van der Waals surface area contributed by atoms with Crippen molar-refractivity contribution in [1.29, 1.82) is 0 Å². The third-order valence-electron chi connectivity index (χ3n) is 4.46. The van der Waals surface area contributed by atoms with E-state index in [1.165, 1.54) is 11.3 Å². The molecule has 1 aliphatic carbocycles. The number of ether oxygens (including phenoxy) is 1. The van der Waals surface area contributed by atoms with Crippen LogP contribution in [-0.2, 0) is 0 Å². The molecule has 0 atom stereocenters. The summed E-state index contributed by atoms with van der Waals surface area (Å²) in [5, 5.41) is 13.0. The maximum absolute atomic E-state index is 11.6. The van der Waals surface area contributed by atoms with E-state index in [0.717, 1.165) is 36.3 Å². The van der Waals surface area contributed by atoms with Crippen molar-refractivity contribution >= 4 is 23.0 Å². The average Bonchev–Trinajstić information content (AvgIpc) is 3.05. The van der Waals surface area contributed by atoms with Gasteiger partial charge in [0.2, 0.25) is 0 Å². The van der Waals surface area contributed by atoms with Crippen molar-refractivity contribution in [3.05, 3.63) is 40.3 Å². The summed E-state index contributed by atoms with van der Waals surface area (Å²) in [5.41, 5.74) is 0.556. The van der Waals surface area contributed by atoms with Crippen LogP contribution >= 0.6 is 11.3 Å². The van der Waals surface area contributed by atoms with E-state index in [1.807, 2.05) is 39.0 Å². The molecule has 1 fully saturated rings. The zero-order valence-corrected chi connectivity index (χ0v) is 17.3. The Morgan fingerprint density at radius 3 is 2.68 bits per heavy atom. The predicted octanol–water partition coefficient (Wildman–Crippen LogP) is 5.04. The number of aromatic nitrogens is 1. The number of pyridine rings is 1.